The minimum Gasteiger partial charge on any atom is -0.452 e. The highest BCUT2D eigenvalue weighted by Gasteiger charge is 2.18. The van der Waals surface area contributed by atoms with Gasteiger partial charge in [0, 0.05) is 5.56 Å². The topological polar surface area (TPSA) is 65.2 Å². The average molecular weight is 380 g/mol. The second-order valence-corrected chi connectivity index (χ2v) is 6.64. The number of carbonyl (C=O) groups is 1. The molecule has 0 fully saturated rings. The van der Waals surface area contributed by atoms with E-state index in [-0.39, 0.29) is 12.5 Å². The number of hydrogen-bond acceptors (Lipinski definition) is 5. The fourth-order valence-electron chi connectivity index (χ4n) is 3.44. The van der Waals surface area contributed by atoms with E-state index in [0.717, 1.165) is 27.1 Å². The van der Waals surface area contributed by atoms with Crippen molar-refractivity contribution in [1.29, 1.82) is 0 Å². The van der Waals surface area contributed by atoms with E-state index in [4.69, 9.17) is 9.15 Å². The molecule has 0 amide bonds. The Kier molecular flexibility index (Phi) is 4.26. The first-order valence-electron chi connectivity index (χ1n) is 9.25. The van der Waals surface area contributed by atoms with Crippen LogP contribution in [-0.4, -0.2) is 16.2 Å². The van der Waals surface area contributed by atoms with Gasteiger partial charge in [0.1, 0.15) is 0 Å². The molecule has 5 rings (SSSR count). The summed E-state index contributed by atoms with van der Waals surface area (Å²) in [6, 6.07) is 27.1. The smallest absolute Gasteiger partial charge is 0.339 e. The van der Waals surface area contributed by atoms with Crippen LogP contribution in [0.25, 0.3) is 33.0 Å². The molecular formula is C24H16N2O3. The van der Waals surface area contributed by atoms with Crippen LogP contribution in [0.1, 0.15) is 16.2 Å². The van der Waals surface area contributed by atoms with Crippen molar-refractivity contribution in [3.63, 3.8) is 0 Å². The summed E-state index contributed by atoms with van der Waals surface area (Å²) in [7, 11) is 0. The summed E-state index contributed by atoms with van der Waals surface area (Å²) in [5.74, 6) is 0.228. The summed E-state index contributed by atoms with van der Waals surface area (Å²) >= 11 is 0. The molecule has 5 aromatic rings. The molecule has 0 bridgehead atoms. The molecular weight excluding hydrogens is 364 g/mol. The fraction of sp³-hybridized carbons (Fsp3) is 0.0417. The van der Waals surface area contributed by atoms with E-state index >= 15 is 0 Å². The quantitative estimate of drug-likeness (QED) is 0.308. The SMILES string of the molecule is O=C(OCc1nnc(-c2ccccc2)o1)c1c2ccccc2cc2ccccc12. The lowest BCUT2D eigenvalue weighted by molar-refractivity contribution is 0.0443. The molecule has 0 aliphatic heterocycles. The van der Waals surface area contributed by atoms with Gasteiger partial charge in [0.2, 0.25) is 5.89 Å². The Bertz CT molecular complexity index is 1270. The Labute approximate surface area is 166 Å². The second kappa shape index (κ2) is 7.20. The highest BCUT2D eigenvalue weighted by molar-refractivity contribution is 6.16. The third-order valence-corrected chi connectivity index (χ3v) is 4.79. The normalized spacial score (nSPS) is 11.0. The number of fused-ring (bicyclic) bond motifs is 2. The summed E-state index contributed by atoms with van der Waals surface area (Å²) in [5.41, 5.74) is 1.36. The Morgan fingerprint density at radius 2 is 1.41 bits per heavy atom. The minimum atomic E-state index is -0.419. The van der Waals surface area contributed by atoms with Crippen LogP contribution in [0.2, 0.25) is 0 Å². The van der Waals surface area contributed by atoms with Gasteiger partial charge in [-0.3, -0.25) is 0 Å². The zero-order valence-corrected chi connectivity index (χ0v) is 15.4. The molecule has 29 heavy (non-hydrogen) atoms. The Morgan fingerprint density at radius 1 is 0.793 bits per heavy atom. The van der Waals surface area contributed by atoms with Crippen LogP contribution in [0.4, 0.5) is 0 Å². The van der Waals surface area contributed by atoms with Gasteiger partial charge in [-0.1, -0.05) is 66.7 Å². The second-order valence-electron chi connectivity index (χ2n) is 6.64. The summed E-state index contributed by atoms with van der Waals surface area (Å²) in [6.45, 7) is -0.0871. The molecule has 0 aliphatic carbocycles. The fourth-order valence-corrected chi connectivity index (χ4v) is 3.44. The first-order valence-corrected chi connectivity index (χ1v) is 9.25. The molecule has 5 heteroatoms. The molecule has 0 saturated heterocycles. The van der Waals surface area contributed by atoms with E-state index in [0.29, 0.717) is 11.5 Å². The maximum absolute atomic E-state index is 13.0. The Morgan fingerprint density at radius 3 is 2.10 bits per heavy atom. The summed E-state index contributed by atoms with van der Waals surface area (Å²) in [6.07, 6.45) is 0. The van der Waals surface area contributed by atoms with Gasteiger partial charge in [-0.15, -0.1) is 10.2 Å². The lowest BCUT2D eigenvalue weighted by Crippen LogP contribution is -2.07. The summed E-state index contributed by atoms with van der Waals surface area (Å²) in [5, 5.41) is 11.7. The highest BCUT2D eigenvalue weighted by Crippen LogP contribution is 2.29. The highest BCUT2D eigenvalue weighted by atomic mass is 16.5. The molecule has 1 aromatic heterocycles. The monoisotopic (exact) mass is 380 g/mol. The molecule has 0 N–H and O–H groups in total. The average Bonchev–Trinajstić information content (AvgIpc) is 3.25. The van der Waals surface area contributed by atoms with Crippen molar-refractivity contribution in [2.75, 3.05) is 0 Å². The van der Waals surface area contributed by atoms with Gasteiger partial charge in [0.05, 0.1) is 5.56 Å². The van der Waals surface area contributed by atoms with E-state index < -0.39 is 5.97 Å². The lowest BCUT2D eigenvalue weighted by Gasteiger charge is -2.10. The summed E-state index contributed by atoms with van der Waals surface area (Å²) < 4.78 is 11.2. The molecule has 0 saturated carbocycles. The number of carbonyl (C=O) groups excluding carboxylic acids is 1. The molecule has 1 heterocycles. The van der Waals surface area contributed by atoms with E-state index in [2.05, 4.69) is 16.3 Å². The molecule has 5 nitrogen and oxygen atoms in total. The standard InChI is InChI=1S/C24H16N2O3/c27-24(28-15-21-25-26-23(29-21)16-8-2-1-3-9-16)22-19-12-6-4-10-17(19)14-18-11-5-7-13-20(18)22/h1-14H,15H2. The van der Waals surface area contributed by atoms with Gasteiger partial charge >= 0.3 is 5.97 Å². The van der Waals surface area contributed by atoms with Crippen molar-refractivity contribution >= 4 is 27.5 Å². The Balaban J connectivity index is 1.45. The number of nitrogens with zero attached hydrogens (tertiary/aromatic N) is 2. The molecule has 4 aromatic carbocycles. The lowest BCUT2D eigenvalue weighted by atomic mass is 9.97. The van der Waals surface area contributed by atoms with Gasteiger partial charge in [-0.25, -0.2) is 4.79 Å². The van der Waals surface area contributed by atoms with Crippen molar-refractivity contribution in [2.24, 2.45) is 0 Å². The predicted octanol–water partition coefficient (Wildman–Crippen LogP) is 5.40. The van der Waals surface area contributed by atoms with Crippen molar-refractivity contribution in [3.05, 3.63) is 96.4 Å². The van der Waals surface area contributed by atoms with Gasteiger partial charge in [0.15, 0.2) is 6.61 Å². The zero-order valence-electron chi connectivity index (χ0n) is 15.4. The van der Waals surface area contributed by atoms with Crippen LogP contribution in [-0.2, 0) is 11.3 Å². The van der Waals surface area contributed by atoms with Crippen LogP contribution >= 0.6 is 0 Å². The molecule has 0 radical (unpaired) electrons. The van der Waals surface area contributed by atoms with Gasteiger partial charge in [-0.2, -0.15) is 0 Å². The minimum absolute atomic E-state index is 0.0871. The van der Waals surface area contributed by atoms with E-state index in [1.165, 1.54) is 0 Å². The van der Waals surface area contributed by atoms with Gasteiger partial charge < -0.3 is 9.15 Å². The molecule has 0 atom stereocenters. The van der Waals surface area contributed by atoms with Crippen molar-refractivity contribution in [2.45, 2.75) is 6.61 Å². The van der Waals surface area contributed by atoms with Crippen LogP contribution in [0.5, 0.6) is 0 Å². The zero-order chi connectivity index (χ0) is 19.6. The van der Waals surface area contributed by atoms with Gasteiger partial charge in [-0.05, 0) is 39.7 Å². The van der Waals surface area contributed by atoms with Crippen molar-refractivity contribution in [1.82, 2.24) is 10.2 Å². The third-order valence-electron chi connectivity index (χ3n) is 4.79. The number of esters is 1. The first-order chi connectivity index (χ1) is 14.3. The first kappa shape index (κ1) is 17.1. The maximum atomic E-state index is 13.0. The van der Waals surface area contributed by atoms with Crippen molar-refractivity contribution < 1.29 is 13.9 Å². The van der Waals surface area contributed by atoms with E-state index in [9.17, 15) is 4.79 Å². The van der Waals surface area contributed by atoms with Gasteiger partial charge in [0.25, 0.3) is 5.89 Å². The number of hydrogen-bond donors (Lipinski definition) is 0. The van der Waals surface area contributed by atoms with Crippen LogP contribution in [0.15, 0.2) is 89.3 Å². The van der Waals surface area contributed by atoms with Crippen LogP contribution in [0, 0.1) is 0 Å². The molecule has 0 unspecified atom stereocenters. The van der Waals surface area contributed by atoms with Crippen LogP contribution < -0.4 is 0 Å². The number of benzene rings is 4. The molecule has 0 spiro atoms. The number of ether oxygens (including phenoxy) is 1. The number of rotatable bonds is 4. The van der Waals surface area contributed by atoms with Crippen LogP contribution in [0.3, 0.4) is 0 Å². The number of aromatic nitrogens is 2. The molecule has 140 valence electrons. The Hall–Kier alpha value is -3.99. The third kappa shape index (κ3) is 3.23. The largest absolute Gasteiger partial charge is 0.452 e. The predicted molar refractivity (Wildman–Crippen MR) is 110 cm³/mol. The maximum Gasteiger partial charge on any atom is 0.339 e. The van der Waals surface area contributed by atoms with E-state index in [1.807, 2.05) is 78.9 Å². The molecule has 0 aliphatic rings. The van der Waals surface area contributed by atoms with Crippen molar-refractivity contribution in [3.8, 4) is 11.5 Å². The van der Waals surface area contributed by atoms with E-state index in [1.54, 1.807) is 0 Å². The summed E-state index contributed by atoms with van der Waals surface area (Å²) in [4.78, 5) is 13.0.